The van der Waals surface area contributed by atoms with Gasteiger partial charge in [0.25, 0.3) is 0 Å². The summed E-state index contributed by atoms with van der Waals surface area (Å²) in [6, 6.07) is 0. The number of nitrogens with zero attached hydrogens (tertiary/aromatic N) is 2. The van der Waals surface area contributed by atoms with E-state index in [1.54, 1.807) is 0 Å². The molecule has 0 radical (unpaired) electrons. The molecule has 5 nitrogen and oxygen atoms in total. The number of hydrogen-bond donors (Lipinski definition) is 1. The van der Waals surface area contributed by atoms with Gasteiger partial charge >= 0.3 is 5.97 Å². The van der Waals surface area contributed by atoms with Crippen molar-refractivity contribution in [3.05, 3.63) is 11.1 Å². The molecule has 1 aromatic rings. The highest BCUT2D eigenvalue weighted by atomic mass is 32.1. The summed E-state index contributed by atoms with van der Waals surface area (Å²) in [7, 11) is 0. The second-order valence-electron chi connectivity index (χ2n) is 3.52. The van der Waals surface area contributed by atoms with E-state index in [0.717, 1.165) is 5.69 Å². The van der Waals surface area contributed by atoms with Gasteiger partial charge in [-0.2, -0.15) is 0 Å². The highest BCUT2D eigenvalue weighted by Crippen LogP contribution is 2.27. The first-order valence-electron chi connectivity index (χ1n) is 4.53. The van der Waals surface area contributed by atoms with Crippen molar-refractivity contribution in [2.75, 3.05) is 11.4 Å². The van der Waals surface area contributed by atoms with Gasteiger partial charge in [0.15, 0.2) is 5.13 Å². The number of carboxylic acid groups (broad SMARTS) is 1. The lowest BCUT2D eigenvalue weighted by molar-refractivity contribution is -0.141. The molecule has 15 heavy (non-hydrogen) atoms. The Morgan fingerprint density at radius 3 is 2.93 bits per heavy atom. The van der Waals surface area contributed by atoms with E-state index in [9.17, 15) is 9.59 Å². The van der Waals surface area contributed by atoms with Crippen LogP contribution < -0.4 is 4.90 Å². The Bertz CT molecular complexity index is 415. The number of aromatic nitrogens is 1. The van der Waals surface area contributed by atoms with E-state index in [1.165, 1.54) is 16.2 Å². The van der Waals surface area contributed by atoms with Crippen LogP contribution in [0.15, 0.2) is 5.38 Å². The van der Waals surface area contributed by atoms with Crippen molar-refractivity contribution in [3.63, 3.8) is 0 Å². The minimum Gasteiger partial charge on any atom is -0.481 e. The summed E-state index contributed by atoms with van der Waals surface area (Å²) >= 11 is 1.37. The molecule has 0 spiro atoms. The standard InChI is InChI=1S/C9H10N2O3S/c1-5-4-15-9(10-5)11-3-6(8(13)14)2-7(11)12/h4,6H,2-3H2,1H3,(H,13,14). The highest BCUT2D eigenvalue weighted by molar-refractivity contribution is 7.14. The molecule has 1 fully saturated rings. The maximum absolute atomic E-state index is 11.5. The summed E-state index contributed by atoms with van der Waals surface area (Å²) in [5.74, 6) is -1.67. The first kappa shape index (κ1) is 10.1. The third kappa shape index (κ3) is 1.85. The molecule has 1 aliphatic rings. The Kier molecular flexibility index (Phi) is 2.44. The minimum absolute atomic E-state index is 0.0773. The van der Waals surface area contributed by atoms with Crippen LogP contribution in [0, 0.1) is 12.8 Å². The van der Waals surface area contributed by atoms with Crippen molar-refractivity contribution < 1.29 is 14.7 Å². The van der Waals surface area contributed by atoms with E-state index in [1.807, 2.05) is 12.3 Å². The Labute approximate surface area is 90.4 Å². The molecule has 1 atom stereocenters. The largest absolute Gasteiger partial charge is 0.481 e. The zero-order valence-corrected chi connectivity index (χ0v) is 8.95. The van der Waals surface area contributed by atoms with Crippen LogP contribution in [0.4, 0.5) is 5.13 Å². The predicted octanol–water partition coefficient (Wildman–Crippen LogP) is 0.889. The molecule has 1 aromatic heterocycles. The highest BCUT2D eigenvalue weighted by Gasteiger charge is 2.36. The molecular formula is C9H10N2O3S. The topological polar surface area (TPSA) is 70.5 Å². The molecule has 0 bridgehead atoms. The molecule has 80 valence electrons. The zero-order valence-electron chi connectivity index (χ0n) is 8.14. The van der Waals surface area contributed by atoms with E-state index in [2.05, 4.69) is 4.98 Å². The first-order valence-corrected chi connectivity index (χ1v) is 5.41. The fraction of sp³-hybridized carbons (Fsp3) is 0.444. The van der Waals surface area contributed by atoms with Gasteiger partial charge in [0.2, 0.25) is 5.91 Å². The van der Waals surface area contributed by atoms with Crippen molar-refractivity contribution in [1.29, 1.82) is 0 Å². The van der Waals surface area contributed by atoms with Gasteiger partial charge in [0, 0.05) is 18.3 Å². The van der Waals surface area contributed by atoms with Gasteiger partial charge in [-0.05, 0) is 6.92 Å². The van der Waals surface area contributed by atoms with E-state index in [-0.39, 0.29) is 18.9 Å². The second-order valence-corrected chi connectivity index (χ2v) is 4.35. The predicted molar refractivity (Wildman–Crippen MR) is 54.9 cm³/mol. The number of carbonyl (C=O) groups is 2. The minimum atomic E-state index is -0.917. The first-order chi connectivity index (χ1) is 7.08. The number of thiazole rings is 1. The number of anilines is 1. The number of hydrogen-bond acceptors (Lipinski definition) is 4. The maximum Gasteiger partial charge on any atom is 0.308 e. The lowest BCUT2D eigenvalue weighted by Gasteiger charge is -2.11. The molecule has 0 saturated carbocycles. The third-order valence-electron chi connectivity index (χ3n) is 2.31. The molecule has 2 heterocycles. The molecular weight excluding hydrogens is 216 g/mol. The summed E-state index contributed by atoms with van der Waals surface area (Å²) in [6.45, 7) is 2.08. The summed E-state index contributed by atoms with van der Waals surface area (Å²) in [4.78, 5) is 27.9. The van der Waals surface area contributed by atoms with Crippen molar-refractivity contribution in [2.24, 2.45) is 5.92 Å². The smallest absolute Gasteiger partial charge is 0.308 e. The monoisotopic (exact) mass is 226 g/mol. The van der Waals surface area contributed by atoms with Crippen LogP contribution in [0.5, 0.6) is 0 Å². The fourth-order valence-corrected chi connectivity index (χ4v) is 2.35. The number of rotatable bonds is 2. The van der Waals surface area contributed by atoms with Crippen LogP contribution in [0.1, 0.15) is 12.1 Å². The Morgan fingerprint density at radius 2 is 2.47 bits per heavy atom. The summed E-state index contributed by atoms with van der Waals surface area (Å²) in [5, 5.41) is 11.2. The molecule has 2 rings (SSSR count). The molecule has 1 N–H and O–H groups in total. The fourth-order valence-electron chi connectivity index (χ4n) is 1.52. The van der Waals surface area contributed by atoms with E-state index in [0.29, 0.717) is 5.13 Å². The van der Waals surface area contributed by atoms with Crippen molar-refractivity contribution in [2.45, 2.75) is 13.3 Å². The van der Waals surface area contributed by atoms with Crippen LogP contribution in [0.3, 0.4) is 0 Å². The van der Waals surface area contributed by atoms with Gasteiger partial charge < -0.3 is 5.11 Å². The Balaban J connectivity index is 2.18. The number of amides is 1. The van der Waals surface area contributed by atoms with Crippen LogP contribution in [0.25, 0.3) is 0 Å². The average Bonchev–Trinajstić information content (AvgIpc) is 2.71. The number of carbonyl (C=O) groups excluding carboxylic acids is 1. The normalized spacial score (nSPS) is 21.0. The Hall–Kier alpha value is -1.43. The van der Waals surface area contributed by atoms with Gasteiger partial charge in [0.05, 0.1) is 11.6 Å². The van der Waals surface area contributed by atoms with Crippen molar-refractivity contribution >= 4 is 28.3 Å². The van der Waals surface area contributed by atoms with E-state index in [4.69, 9.17) is 5.11 Å². The lowest BCUT2D eigenvalue weighted by Crippen LogP contribution is -2.25. The molecule has 0 aromatic carbocycles. The van der Waals surface area contributed by atoms with Gasteiger partial charge in [0.1, 0.15) is 0 Å². The van der Waals surface area contributed by atoms with Crippen molar-refractivity contribution in [3.8, 4) is 0 Å². The summed E-state index contributed by atoms with van der Waals surface area (Å²) in [6.07, 6.45) is 0.0773. The quantitative estimate of drug-likeness (QED) is 0.813. The van der Waals surface area contributed by atoms with Gasteiger partial charge in [-0.1, -0.05) is 0 Å². The maximum atomic E-state index is 11.5. The molecule has 1 saturated heterocycles. The van der Waals surface area contributed by atoms with E-state index < -0.39 is 11.9 Å². The SMILES string of the molecule is Cc1csc(N2CC(C(=O)O)CC2=O)n1. The number of carboxylic acids is 1. The molecule has 0 aliphatic carbocycles. The Morgan fingerprint density at radius 1 is 1.73 bits per heavy atom. The van der Waals surface area contributed by atoms with Crippen LogP contribution in [-0.2, 0) is 9.59 Å². The lowest BCUT2D eigenvalue weighted by atomic mass is 10.1. The summed E-state index contributed by atoms with van der Waals surface area (Å²) in [5.41, 5.74) is 0.849. The molecule has 6 heteroatoms. The van der Waals surface area contributed by atoms with Crippen LogP contribution in [-0.4, -0.2) is 28.5 Å². The van der Waals surface area contributed by atoms with Gasteiger partial charge in [-0.15, -0.1) is 11.3 Å². The summed E-state index contributed by atoms with van der Waals surface area (Å²) < 4.78 is 0. The number of aryl methyl sites for hydroxylation is 1. The average molecular weight is 226 g/mol. The van der Waals surface area contributed by atoms with E-state index >= 15 is 0 Å². The molecule has 1 aliphatic heterocycles. The number of aliphatic carboxylic acids is 1. The third-order valence-corrected chi connectivity index (χ3v) is 3.29. The molecule has 1 amide bonds. The zero-order chi connectivity index (χ0) is 11.0. The van der Waals surface area contributed by atoms with Crippen molar-refractivity contribution in [1.82, 2.24) is 4.98 Å². The van der Waals surface area contributed by atoms with Crippen LogP contribution in [0.2, 0.25) is 0 Å². The van der Waals surface area contributed by atoms with Gasteiger partial charge in [-0.3, -0.25) is 14.5 Å². The second kappa shape index (κ2) is 3.62. The van der Waals surface area contributed by atoms with Crippen LogP contribution >= 0.6 is 11.3 Å². The van der Waals surface area contributed by atoms with Gasteiger partial charge in [-0.25, -0.2) is 4.98 Å². The molecule has 1 unspecified atom stereocenters.